The van der Waals surface area contributed by atoms with Gasteiger partial charge < -0.3 is 16.2 Å². The number of nitrogens with two attached hydrogens (primary N) is 1. The van der Waals surface area contributed by atoms with Crippen molar-refractivity contribution in [2.75, 3.05) is 11.1 Å². The Morgan fingerprint density at radius 3 is 2.84 bits per heavy atom. The molecule has 4 N–H and O–H groups in total. The normalized spacial score (nSPS) is 14.0. The molecule has 3 aromatic heterocycles. The van der Waals surface area contributed by atoms with Crippen molar-refractivity contribution in [3.8, 4) is 11.3 Å². The fourth-order valence-corrected chi connectivity index (χ4v) is 3.34. The molecule has 31 heavy (non-hydrogen) atoms. The van der Waals surface area contributed by atoms with E-state index in [4.69, 9.17) is 9.85 Å². The molecule has 0 fully saturated rings. The summed E-state index contributed by atoms with van der Waals surface area (Å²) in [5.41, 5.74) is 8.48. The second kappa shape index (κ2) is 7.77. The number of aryl methyl sites for hydroxylation is 3. The molecule has 0 radical (unpaired) electrons. The van der Waals surface area contributed by atoms with Gasteiger partial charge in [0.15, 0.2) is 6.10 Å². The lowest BCUT2D eigenvalue weighted by atomic mass is 10.1. The lowest BCUT2D eigenvalue weighted by molar-refractivity contribution is -0.124. The number of aliphatic hydroxyl groups excluding tert-OH is 1. The summed E-state index contributed by atoms with van der Waals surface area (Å²) in [6.45, 7) is 0.929. The highest BCUT2D eigenvalue weighted by molar-refractivity contribution is 5.94. The van der Waals surface area contributed by atoms with Crippen LogP contribution >= 0.6 is 0 Å². The average molecular weight is 423 g/mol. The number of aromatic nitrogens is 4. The number of anilines is 2. The number of aliphatic hydroxyl groups is 1. The van der Waals surface area contributed by atoms with E-state index in [1.54, 1.807) is 26.1 Å². The smallest absolute Gasteiger partial charge is 0.258 e. The lowest BCUT2D eigenvalue weighted by Gasteiger charge is -2.12. The summed E-state index contributed by atoms with van der Waals surface area (Å²) in [6, 6.07) is 6.64. The van der Waals surface area contributed by atoms with Crippen molar-refractivity contribution in [1.29, 1.82) is 0 Å². The van der Waals surface area contributed by atoms with Crippen LogP contribution in [0.15, 0.2) is 42.7 Å². The van der Waals surface area contributed by atoms with Crippen molar-refractivity contribution in [3.63, 3.8) is 0 Å². The van der Waals surface area contributed by atoms with Gasteiger partial charge in [-0.25, -0.2) is 19.3 Å². The predicted molar refractivity (Wildman–Crippen MR) is 115 cm³/mol. The maximum absolute atomic E-state index is 13.4. The molecule has 8 nitrogen and oxygen atoms in total. The summed E-state index contributed by atoms with van der Waals surface area (Å²) in [4.78, 5) is 25.2. The molecule has 0 unspecified atom stereocenters. The van der Waals surface area contributed by atoms with Gasteiger partial charge in [-0.05, 0) is 50.0 Å². The Balaban J connectivity index is 1.70. The number of amides is 1. The zero-order valence-corrected chi connectivity index (χ0v) is 16.7. The van der Waals surface area contributed by atoms with Crippen molar-refractivity contribution < 1.29 is 18.4 Å². The lowest BCUT2D eigenvalue weighted by Crippen LogP contribution is -2.21. The van der Waals surface area contributed by atoms with Gasteiger partial charge in [0.2, 0.25) is 0 Å². The van der Waals surface area contributed by atoms with Gasteiger partial charge in [0.05, 0.1) is 5.69 Å². The second-order valence-electron chi connectivity index (χ2n) is 7.10. The highest BCUT2D eigenvalue weighted by atomic mass is 19.1. The number of nitrogens with one attached hydrogen (secondary N) is 1. The quantitative estimate of drug-likeness (QED) is 0.464. The number of hydrogen-bond acceptors (Lipinski definition) is 6. The molecule has 0 bridgehead atoms. The summed E-state index contributed by atoms with van der Waals surface area (Å²) in [7, 11) is 0. The van der Waals surface area contributed by atoms with E-state index >= 15 is 0 Å². The SMILES string of the molecule is [2H]C([2H])([2H])c1nc(-c2cnc(NC(=O)[C@H](O)c3cccc(F)c3)cc2C)c2c(N)nc(C)cn12. The molecule has 0 aliphatic carbocycles. The highest BCUT2D eigenvalue weighted by Gasteiger charge is 2.20. The zero-order chi connectivity index (χ0) is 24.8. The van der Waals surface area contributed by atoms with Crippen LogP contribution in [-0.2, 0) is 4.79 Å². The van der Waals surface area contributed by atoms with Crippen molar-refractivity contribution >= 4 is 23.1 Å². The molecule has 4 rings (SSSR count). The molecular formula is C22H21FN6O2. The molecule has 0 saturated carbocycles. The topological polar surface area (TPSA) is 118 Å². The van der Waals surface area contributed by atoms with Crippen molar-refractivity contribution in [3.05, 3.63) is 71.2 Å². The van der Waals surface area contributed by atoms with Crippen LogP contribution in [0.2, 0.25) is 0 Å². The van der Waals surface area contributed by atoms with Crippen LogP contribution in [0.5, 0.6) is 0 Å². The van der Waals surface area contributed by atoms with Gasteiger partial charge in [-0.2, -0.15) is 0 Å². The Morgan fingerprint density at radius 1 is 1.32 bits per heavy atom. The van der Waals surface area contributed by atoms with Crippen molar-refractivity contribution in [2.45, 2.75) is 26.8 Å². The number of carbonyl (C=O) groups is 1. The largest absolute Gasteiger partial charge is 0.382 e. The Kier molecular flexibility index (Phi) is 4.23. The summed E-state index contributed by atoms with van der Waals surface area (Å²) in [6.07, 6.45) is 1.38. The summed E-state index contributed by atoms with van der Waals surface area (Å²) < 4.78 is 38.3. The number of halogens is 1. The number of imidazole rings is 1. The fourth-order valence-electron chi connectivity index (χ4n) is 3.34. The van der Waals surface area contributed by atoms with E-state index < -0.39 is 24.7 Å². The number of rotatable bonds is 4. The first-order valence-electron chi connectivity index (χ1n) is 10.8. The van der Waals surface area contributed by atoms with Crippen molar-refractivity contribution in [2.24, 2.45) is 0 Å². The molecule has 1 amide bonds. The first-order valence-corrected chi connectivity index (χ1v) is 9.33. The third kappa shape index (κ3) is 3.82. The number of nitrogen functional groups attached to an aromatic ring is 1. The van der Waals surface area contributed by atoms with Gasteiger partial charge in [-0.15, -0.1) is 0 Å². The number of pyridine rings is 1. The molecule has 4 aromatic rings. The van der Waals surface area contributed by atoms with Gasteiger partial charge in [-0.3, -0.25) is 9.20 Å². The van der Waals surface area contributed by atoms with Crippen molar-refractivity contribution in [1.82, 2.24) is 19.4 Å². The molecular weight excluding hydrogens is 399 g/mol. The van der Waals surface area contributed by atoms with E-state index in [0.29, 0.717) is 28.0 Å². The number of hydrogen-bond donors (Lipinski definition) is 3. The van der Waals surface area contributed by atoms with E-state index in [9.17, 15) is 14.3 Å². The molecule has 1 aromatic carbocycles. The molecule has 9 heteroatoms. The molecule has 0 aliphatic heterocycles. The van der Waals surface area contributed by atoms with Crippen LogP contribution in [0.25, 0.3) is 16.8 Å². The summed E-state index contributed by atoms with van der Waals surface area (Å²) in [5, 5.41) is 12.7. The highest BCUT2D eigenvalue weighted by Crippen LogP contribution is 2.31. The zero-order valence-electron chi connectivity index (χ0n) is 19.7. The van der Waals surface area contributed by atoms with E-state index in [2.05, 4.69) is 20.3 Å². The number of carbonyl (C=O) groups excluding carboxylic acids is 1. The third-order valence-corrected chi connectivity index (χ3v) is 4.80. The predicted octanol–water partition coefficient (Wildman–Crippen LogP) is 3.11. The monoisotopic (exact) mass is 423 g/mol. The molecule has 158 valence electrons. The Labute approximate surface area is 181 Å². The Hall–Kier alpha value is -3.85. The minimum atomic E-state index is -2.50. The second-order valence-corrected chi connectivity index (χ2v) is 7.10. The van der Waals surface area contributed by atoms with Gasteiger partial charge in [0.25, 0.3) is 5.91 Å². The van der Waals surface area contributed by atoms with E-state index in [1.807, 2.05) is 0 Å². The average Bonchev–Trinajstić information content (AvgIpc) is 3.13. The van der Waals surface area contributed by atoms with Crippen LogP contribution < -0.4 is 11.1 Å². The molecule has 0 spiro atoms. The summed E-state index contributed by atoms with van der Waals surface area (Å²) >= 11 is 0. The minimum Gasteiger partial charge on any atom is -0.382 e. The van der Waals surface area contributed by atoms with E-state index in [0.717, 1.165) is 6.07 Å². The van der Waals surface area contributed by atoms with Crippen LogP contribution in [0.4, 0.5) is 16.0 Å². The molecule has 0 aliphatic rings. The van der Waals surface area contributed by atoms with E-state index in [1.165, 1.54) is 28.8 Å². The van der Waals surface area contributed by atoms with Gasteiger partial charge in [0, 0.05) is 22.1 Å². The number of nitrogens with zero attached hydrogens (tertiary/aromatic N) is 4. The summed E-state index contributed by atoms with van der Waals surface area (Å²) in [5.74, 6) is -1.26. The van der Waals surface area contributed by atoms with Crippen LogP contribution in [0.3, 0.4) is 0 Å². The third-order valence-electron chi connectivity index (χ3n) is 4.80. The van der Waals surface area contributed by atoms with Gasteiger partial charge in [-0.1, -0.05) is 12.1 Å². The number of benzene rings is 1. The minimum absolute atomic E-state index is 0.103. The van der Waals surface area contributed by atoms with E-state index in [-0.39, 0.29) is 23.0 Å². The molecule has 3 heterocycles. The van der Waals surface area contributed by atoms with Crippen LogP contribution in [-0.4, -0.2) is 30.4 Å². The van der Waals surface area contributed by atoms with Gasteiger partial charge in [0.1, 0.15) is 34.5 Å². The van der Waals surface area contributed by atoms with Gasteiger partial charge >= 0.3 is 0 Å². The Bertz CT molecular complexity index is 1420. The molecule has 1 atom stereocenters. The van der Waals surface area contributed by atoms with Crippen LogP contribution in [0, 0.1) is 26.5 Å². The Morgan fingerprint density at radius 2 is 2.13 bits per heavy atom. The molecule has 0 saturated heterocycles. The first-order chi connectivity index (χ1) is 16.0. The fraction of sp³-hybridized carbons (Fsp3) is 0.182. The maximum Gasteiger partial charge on any atom is 0.258 e. The number of fused-ring (bicyclic) bond motifs is 1. The van der Waals surface area contributed by atoms with Crippen LogP contribution in [0.1, 0.15) is 32.9 Å². The first kappa shape index (κ1) is 16.9. The standard InChI is InChI=1S/C22H21FN6O2/c1-11-7-17(28-22(31)20(30)14-5-4-6-15(23)8-14)25-9-16(11)18-19-21(24)26-12(2)10-29(19)13(3)27-18/h4-10,20,30H,1-3H3,(H2,24,26)(H,25,28,31)/t20-/m1/s1/i3D3. The maximum atomic E-state index is 13.4.